The highest BCUT2D eigenvalue weighted by Gasteiger charge is 2.51. The molecule has 0 spiro atoms. The molecule has 2 heterocycles. The minimum Gasteiger partial charge on any atom is -0.399 e. The van der Waals surface area contributed by atoms with Crippen LogP contribution in [-0.2, 0) is 9.31 Å². The summed E-state index contributed by atoms with van der Waals surface area (Å²) in [5.74, 6) is -0.379. The predicted molar refractivity (Wildman–Crippen MR) is 145 cm³/mol. The van der Waals surface area contributed by atoms with Crippen LogP contribution in [0.15, 0.2) is 60.8 Å². The molecular formula is C29H32BFN4O3. The van der Waals surface area contributed by atoms with Crippen LogP contribution >= 0.6 is 0 Å². The van der Waals surface area contributed by atoms with Crippen molar-refractivity contribution in [3.63, 3.8) is 0 Å². The molecule has 0 aliphatic carbocycles. The van der Waals surface area contributed by atoms with Crippen molar-refractivity contribution in [3.05, 3.63) is 88.9 Å². The van der Waals surface area contributed by atoms with E-state index in [1.54, 1.807) is 12.1 Å². The molecule has 7 nitrogen and oxygen atoms in total. The maximum absolute atomic E-state index is 13.3. The summed E-state index contributed by atoms with van der Waals surface area (Å²) in [6.45, 7) is 11.9. The lowest BCUT2D eigenvalue weighted by molar-refractivity contribution is 0.00578. The van der Waals surface area contributed by atoms with Crippen molar-refractivity contribution in [2.45, 2.75) is 64.8 Å². The zero-order valence-electron chi connectivity index (χ0n) is 22.5. The van der Waals surface area contributed by atoms with Crippen molar-refractivity contribution >= 4 is 24.3 Å². The number of anilines is 1. The van der Waals surface area contributed by atoms with Gasteiger partial charge in [0.2, 0.25) is 0 Å². The second-order valence-corrected chi connectivity index (χ2v) is 10.6. The monoisotopic (exact) mass is 514 g/mol. The summed E-state index contributed by atoms with van der Waals surface area (Å²) in [6, 6.07) is 16.8. The standard InChI is InChI=1S/C29H32BFN4O3/c1-18(21-7-11-23(12-8-21)30-37-28(3,4)29(5,6)38-30)34-26-25(15-20(16-32)17-33-26)27(36)35-19(2)22-9-13-24(31)14-10-22/h7-15,17-19H,1-6H3,(H,33,34)(H,35,36)/t18-,19+/m1/s1. The first kappa shape index (κ1) is 27.3. The third-order valence-electron chi connectivity index (χ3n) is 7.29. The van der Waals surface area contributed by atoms with E-state index in [9.17, 15) is 14.4 Å². The highest BCUT2D eigenvalue weighted by atomic mass is 19.1. The van der Waals surface area contributed by atoms with E-state index in [-0.39, 0.29) is 29.0 Å². The minimum absolute atomic E-state index is 0.191. The highest BCUT2D eigenvalue weighted by Crippen LogP contribution is 2.36. The van der Waals surface area contributed by atoms with Crippen molar-refractivity contribution < 1.29 is 18.5 Å². The number of halogens is 1. The third-order valence-corrected chi connectivity index (χ3v) is 7.29. The molecule has 1 amide bonds. The molecule has 4 rings (SSSR count). The highest BCUT2D eigenvalue weighted by molar-refractivity contribution is 6.62. The number of carbonyl (C=O) groups is 1. The van der Waals surface area contributed by atoms with Gasteiger partial charge in [-0.2, -0.15) is 5.26 Å². The number of nitrogens with zero attached hydrogens (tertiary/aromatic N) is 2. The lowest BCUT2D eigenvalue weighted by Crippen LogP contribution is -2.41. The molecule has 196 valence electrons. The Morgan fingerprint density at radius 2 is 1.53 bits per heavy atom. The van der Waals surface area contributed by atoms with Gasteiger partial charge in [-0.3, -0.25) is 4.79 Å². The van der Waals surface area contributed by atoms with Gasteiger partial charge in [-0.05, 0) is 76.3 Å². The maximum atomic E-state index is 13.3. The molecule has 2 aromatic carbocycles. The van der Waals surface area contributed by atoms with Crippen LogP contribution in [0, 0.1) is 17.1 Å². The zero-order chi connectivity index (χ0) is 27.7. The number of nitrogens with one attached hydrogen (secondary N) is 2. The summed E-state index contributed by atoms with van der Waals surface area (Å²) in [7, 11) is -0.448. The van der Waals surface area contributed by atoms with Crippen LogP contribution in [0.1, 0.15) is 80.7 Å². The average molecular weight is 514 g/mol. The Bertz CT molecular complexity index is 1340. The lowest BCUT2D eigenvalue weighted by Gasteiger charge is -2.32. The van der Waals surface area contributed by atoms with Gasteiger partial charge in [0.1, 0.15) is 17.7 Å². The Balaban J connectivity index is 1.50. The van der Waals surface area contributed by atoms with Gasteiger partial charge in [-0.1, -0.05) is 36.4 Å². The topological polar surface area (TPSA) is 96.3 Å². The number of pyridine rings is 1. The fraction of sp³-hybridized carbons (Fsp3) is 0.345. The van der Waals surface area contributed by atoms with Crippen LogP contribution < -0.4 is 16.1 Å². The molecule has 2 N–H and O–H groups in total. The molecule has 3 aromatic rings. The van der Waals surface area contributed by atoms with Gasteiger partial charge in [-0.25, -0.2) is 9.37 Å². The van der Waals surface area contributed by atoms with Crippen LogP contribution in [0.25, 0.3) is 0 Å². The maximum Gasteiger partial charge on any atom is 0.494 e. The molecule has 1 aromatic heterocycles. The van der Waals surface area contributed by atoms with Gasteiger partial charge in [0.25, 0.3) is 5.91 Å². The molecule has 1 saturated heterocycles. The molecule has 0 unspecified atom stereocenters. The Hall–Kier alpha value is -3.74. The molecule has 0 bridgehead atoms. The van der Waals surface area contributed by atoms with Crippen LogP contribution in [0.3, 0.4) is 0 Å². The van der Waals surface area contributed by atoms with E-state index in [0.717, 1.165) is 16.6 Å². The zero-order valence-corrected chi connectivity index (χ0v) is 22.5. The SMILES string of the molecule is C[C@H](NC(=O)c1cc(C#N)cnc1N[C@H](C)c1ccc(B2OC(C)(C)C(C)(C)O2)cc1)c1ccc(F)cc1. The van der Waals surface area contributed by atoms with Crippen molar-refractivity contribution in [1.29, 1.82) is 5.26 Å². The molecule has 0 saturated carbocycles. The molecule has 1 fully saturated rings. The Morgan fingerprint density at radius 3 is 2.11 bits per heavy atom. The summed E-state index contributed by atoms with van der Waals surface area (Å²) < 4.78 is 25.6. The summed E-state index contributed by atoms with van der Waals surface area (Å²) in [5.41, 5.74) is 2.34. The van der Waals surface area contributed by atoms with E-state index in [0.29, 0.717) is 5.82 Å². The van der Waals surface area contributed by atoms with Crippen LogP contribution in [-0.4, -0.2) is 29.2 Å². The summed E-state index contributed by atoms with van der Waals surface area (Å²) in [6.07, 6.45) is 1.43. The smallest absolute Gasteiger partial charge is 0.399 e. The number of nitriles is 1. The summed E-state index contributed by atoms with van der Waals surface area (Å²) in [5, 5.41) is 15.6. The first-order chi connectivity index (χ1) is 17.9. The normalized spacial score (nSPS) is 17.4. The Labute approximate surface area is 223 Å². The first-order valence-electron chi connectivity index (χ1n) is 12.6. The molecule has 1 aliphatic heterocycles. The number of carbonyl (C=O) groups excluding carboxylic acids is 1. The molecular weight excluding hydrogens is 482 g/mol. The van der Waals surface area contributed by atoms with Gasteiger partial charge < -0.3 is 19.9 Å². The first-order valence-corrected chi connectivity index (χ1v) is 12.6. The largest absolute Gasteiger partial charge is 0.494 e. The molecule has 9 heteroatoms. The number of benzene rings is 2. The van der Waals surface area contributed by atoms with Gasteiger partial charge in [0.05, 0.1) is 28.4 Å². The quantitative estimate of drug-likeness (QED) is 0.428. The third kappa shape index (κ3) is 5.72. The van der Waals surface area contributed by atoms with Crippen molar-refractivity contribution in [1.82, 2.24) is 10.3 Å². The lowest BCUT2D eigenvalue weighted by atomic mass is 9.78. The van der Waals surface area contributed by atoms with E-state index in [4.69, 9.17) is 9.31 Å². The van der Waals surface area contributed by atoms with Gasteiger partial charge in [-0.15, -0.1) is 0 Å². The van der Waals surface area contributed by atoms with E-state index in [2.05, 4.69) is 15.6 Å². The van der Waals surface area contributed by atoms with Crippen molar-refractivity contribution in [2.24, 2.45) is 0 Å². The van der Waals surface area contributed by atoms with Crippen molar-refractivity contribution in [3.8, 4) is 6.07 Å². The van der Waals surface area contributed by atoms with E-state index in [1.807, 2.05) is 71.9 Å². The second kappa shape index (κ2) is 10.6. The van der Waals surface area contributed by atoms with Crippen LogP contribution in [0.4, 0.5) is 10.2 Å². The van der Waals surface area contributed by atoms with Crippen LogP contribution in [0.5, 0.6) is 0 Å². The fourth-order valence-corrected chi connectivity index (χ4v) is 4.13. The number of hydrogen-bond acceptors (Lipinski definition) is 6. The Kier molecular flexibility index (Phi) is 7.59. The summed E-state index contributed by atoms with van der Waals surface area (Å²) in [4.78, 5) is 17.6. The molecule has 1 aliphatic rings. The second-order valence-electron chi connectivity index (χ2n) is 10.6. The molecule has 0 radical (unpaired) electrons. The average Bonchev–Trinajstić information content (AvgIpc) is 3.11. The van der Waals surface area contributed by atoms with E-state index < -0.39 is 24.2 Å². The van der Waals surface area contributed by atoms with Gasteiger partial charge in [0, 0.05) is 12.2 Å². The van der Waals surface area contributed by atoms with E-state index >= 15 is 0 Å². The molecule has 38 heavy (non-hydrogen) atoms. The number of hydrogen-bond donors (Lipinski definition) is 2. The predicted octanol–water partition coefficient (Wildman–Crippen LogP) is 5.06. The van der Waals surface area contributed by atoms with E-state index in [1.165, 1.54) is 24.4 Å². The summed E-state index contributed by atoms with van der Waals surface area (Å²) >= 11 is 0. The fourth-order valence-electron chi connectivity index (χ4n) is 4.13. The number of rotatable bonds is 7. The van der Waals surface area contributed by atoms with Crippen molar-refractivity contribution in [2.75, 3.05) is 5.32 Å². The van der Waals surface area contributed by atoms with Gasteiger partial charge in [0.15, 0.2) is 0 Å². The molecule has 2 atom stereocenters. The van der Waals surface area contributed by atoms with Crippen LogP contribution in [0.2, 0.25) is 0 Å². The number of aromatic nitrogens is 1. The number of amides is 1. The Morgan fingerprint density at radius 1 is 0.974 bits per heavy atom. The minimum atomic E-state index is -0.448. The van der Waals surface area contributed by atoms with Gasteiger partial charge >= 0.3 is 7.12 Å².